The monoisotopic (exact) mass is 275 g/mol. The first-order valence-corrected chi connectivity index (χ1v) is 8.92. The molecule has 4 bridgehead atoms. The van der Waals surface area contributed by atoms with Crippen LogP contribution in [-0.2, 0) is 6.54 Å². The van der Waals surface area contributed by atoms with Gasteiger partial charge in [0, 0.05) is 11.4 Å². The minimum absolute atomic E-state index is 0.747. The van der Waals surface area contributed by atoms with Gasteiger partial charge in [-0.3, -0.25) is 0 Å². The molecule has 1 heterocycles. The molecule has 104 valence electrons. The molecule has 19 heavy (non-hydrogen) atoms. The van der Waals surface area contributed by atoms with Gasteiger partial charge in [0.25, 0.3) is 0 Å². The van der Waals surface area contributed by atoms with Crippen molar-refractivity contribution in [1.82, 2.24) is 5.32 Å². The molecule has 0 radical (unpaired) electrons. The van der Waals surface area contributed by atoms with Gasteiger partial charge in [0.15, 0.2) is 0 Å². The number of nitrogens with one attached hydrogen (secondary N) is 1. The molecule has 0 atom stereocenters. The highest BCUT2D eigenvalue weighted by atomic mass is 32.1. The highest BCUT2D eigenvalue weighted by Crippen LogP contribution is 2.61. The molecule has 5 rings (SSSR count). The van der Waals surface area contributed by atoms with Crippen molar-refractivity contribution in [3.8, 4) is 0 Å². The molecule has 1 aromatic heterocycles. The van der Waals surface area contributed by atoms with Gasteiger partial charge < -0.3 is 5.32 Å². The minimum atomic E-state index is 0.747. The molecule has 4 aliphatic carbocycles. The van der Waals surface area contributed by atoms with Crippen molar-refractivity contribution in [2.45, 2.75) is 51.5 Å². The molecule has 2 heteroatoms. The quantitative estimate of drug-likeness (QED) is 0.783. The smallest absolute Gasteiger partial charge is 0.0299 e. The van der Waals surface area contributed by atoms with Crippen molar-refractivity contribution in [2.24, 2.45) is 23.2 Å². The molecule has 0 spiro atoms. The molecule has 0 amide bonds. The van der Waals surface area contributed by atoms with E-state index in [4.69, 9.17) is 0 Å². The molecule has 0 aromatic carbocycles. The Morgan fingerprint density at radius 3 is 2.37 bits per heavy atom. The van der Waals surface area contributed by atoms with E-state index in [9.17, 15) is 0 Å². The van der Waals surface area contributed by atoms with Crippen molar-refractivity contribution >= 4 is 11.3 Å². The van der Waals surface area contributed by atoms with E-state index in [0.717, 1.165) is 29.7 Å². The zero-order chi connectivity index (χ0) is 12.7. The van der Waals surface area contributed by atoms with Crippen LogP contribution in [-0.4, -0.2) is 6.54 Å². The molecule has 1 N–H and O–H groups in total. The fourth-order valence-corrected chi connectivity index (χ4v) is 6.25. The summed E-state index contributed by atoms with van der Waals surface area (Å²) in [6.45, 7) is 2.30. The van der Waals surface area contributed by atoms with Gasteiger partial charge in [-0.1, -0.05) is 6.07 Å². The Morgan fingerprint density at radius 2 is 1.79 bits per heavy atom. The first kappa shape index (κ1) is 12.4. The number of hydrogen-bond acceptors (Lipinski definition) is 2. The van der Waals surface area contributed by atoms with E-state index in [0.29, 0.717) is 0 Å². The Kier molecular flexibility index (Phi) is 3.19. The maximum Gasteiger partial charge on any atom is 0.0299 e. The average molecular weight is 275 g/mol. The Labute approximate surface area is 120 Å². The Morgan fingerprint density at radius 1 is 1.11 bits per heavy atom. The highest BCUT2D eigenvalue weighted by Gasteiger charge is 2.50. The summed E-state index contributed by atoms with van der Waals surface area (Å²) in [7, 11) is 0. The molecular weight excluding hydrogens is 250 g/mol. The molecule has 4 saturated carbocycles. The van der Waals surface area contributed by atoms with E-state index >= 15 is 0 Å². The van der Waals surface area contributed by atoms with Gasteiger partial charge in [0.05, 0.1) is 0 Å². The van der Waals surface area contributed by atoms with Crippen LogP contribution in [0.3, 0.4) is 0 Å². The van der Waals surface area contributed by atoms with Crippen molar-refractivity contribution < 1.29 is 0 Å². The van der Waals surface area contributed by atoms with Gasteiger partial charge in [-0.15, -0.1) is 11.3 Å². The van der Waals surface area contributed by atoms with Crippen LogP contribution in [0.2, 0.25) is 0 Å². The topological polar surface area (TPSA) is 12.0 Å². The molecule has 4 fully saturated rings. The lowest BCUT2D eigenvalue weighted by Gasteiger charge is -2.57. The second-order valence-corrected chi connectivity index (χ2v) is 8.46. The van der Waals surface area contributed by atoms with Crippen molar-refractivity contribution in [3.05, 3.63) is 22.4 Å². The van der Waals surface area contributed by atoms with Crippen LogP contribution in [0.4, 0.5) is 0 Å². The standard InChI is InChI=1S/C17H25NS/c1-2-16(19-5-1)12-18-4-3-17-9-13-6-14(10-17)8-15(7-13)11-17/h1-2,5,13-15,18H,3-4,6-12H2. The van der Waals surface area contributed by atoms with Crippen LogP contribution in [0.25, 0.3) is 0 Å². The summed E-state index contributed by atoms with van der Waals surface area (Å²) in [6, 6.07) is 4.39. The first-order valence-electron chi connectivity index (χ1n) is 8.04. The Balaban J connectivity index is 1.30. The van der Waals surface area contributed by atoms with Crippen LogP contribution in [0.1, 0.15) is 49.8 Å². The van der Waals surface area contributed by atoms with E-state index in [1.165, 1.54) is 17.8 Å². The summed E-state index contributed by atoms with van der Waals surface area (Å²) in [5.41, 5.74) is 0.747. The maximum absolute atomic E-state index is 3.67. The van der Waals surface area contributed by atoms with Crippen LogP contribution < -0.4 is 5.32 Å². The van der Waals surface area contributed by atoms with Gasteiger partial charge in [0.2, 0.25) is 0 Å². The van der Waals surface area contributed by atoms with E-state index in [1.54, 1.807) is 38.5 Å². The second-order valence-electron chi connectivity index (χ2n) is 7.42. The molecule has 0 saturated heterocycles. The van der Waals surface area contributed by atoms with Gasteiger partial charge in [0.1, 0.15) is 0 Å². The molecule has 1 aromatic rings. The molecule has 0 unspecified atom stereocenters. The summed E-state index contributed by atoms with van der Waals surface area (Å²) in [5, 5.41) is 5.85. The van der Waals surface area contributed by atoms with Crippen LogP contribution in [0.5, 0.6) is 0 Å². The SMILES string of the molecule is c1csc(CNCCC23CC4CC(CC(C4)C2)C3)c1. The molecule has 0 aliphatic heterocycles. The van der Waals surface area contributed by atoms with Gasteiger partial charge >= 0.3 is 0 Å². The van der Waals surface area contributed by atoms with Crippen molar-refractivity contribution in [3.63, 3.8) is 0 Å². The third-order valence-corrected chi connectivity index (χ3v) is 6.75. The number of hydrogen-bond donors (Lipinski definition) is 1. The molecule has 4 aliphatic rings. The summed E-state index contributed by atoms with van der Waals surface area (Å²) in [4.78, 5) is 1.48. The highest BCUT2D eigenvalue weighted by molar-refractivity contribution is 7.09. The van der Waals surface area contributed by atoms with Crippen LogP contribution in [0.15, 0.2) is 17.5 Å². The summed E-state index contributed by atoms with van der Waals surface area (Å²) < 4.78 is 0. The fraction of sp³-hybridized carbons (Fsp3) is 0.765. The van der Waals surface area contributed by atoms with Crippen LogP contribution >= 0.6 is 11.3 Å². The van der Waals surface area contributed by atoms with E-state index in [2.05, 4.69) is 22.8 Å². The summed E-state index contributed by atoms with van der Waals surface area (Å²) >= 11 is 1.87. The van der Waals surface area contributed by atoms with Crippen LogP contribution in [0, 0.1) is 23.2 Å². The average Bonchev–Trinajstić information content (AvgIpc) is 2.86. The summed E-state index contributed by atoms with van der Waals surface area (Å²) in [6.07, 6.45) is 10.8. The molecular formula is C17H25NS. The van der Waals surface area contributed by atoms with Crippen molar-refractivity contribution in [2.75, 3.05) is 6.54 Å². The molecule has 1 nitrogen and oxygen atoms in total. The number of thiophene rings is 1. The van der Waals surface area contributed by atoms with Gasteiger partial charge in [-0.05, 0) is 86.1 Å². The second kappa shape index (κ2) is 4.89. The predicted molar refractivity (Wildman–Crippen MR) is 81.2 cm³/mol. The summed E-state index contributed by atoms with van der Waals surface area (Å²) in [5.74, 6) is 3.30. The third kappa shape index (κ3) is 2.50. The van der Waals surface area contributed by atoms with Crippen molar-refractivity contribution in [1.29, 1.82) is 0 Å². The first-order chi connectivity index (χ1) is 9.31. The van der Waals surface area contributed by atoms with E-state index < -0.39 is 0 Å². The van der Waals surface area contributed by atoms with Gasteiger partial charge in [-0.25, -0.2) is 0 Å². The lowest BCUT2D eigenvalue weighted by molar-refractivity contribution is -0.0567. The van der Waals surface area contributed by atoms with E-state index in [-0.39, 0.29) is 0 Å². The lowest BCUT2D eigenvalue weighted by Crippen LogP contribution is -2.47. The van der Waals surface area contributed by atoms with Gasteiger partial charge in [-0.2, -0.15) is 0 Å². The predicted octanol–water partition coefficient (Wildman–Crippen LogP) is 4.44. The largest absolute Gasteiger partial charge is 0.312 e. The zero-order valence-corrected chi connectivity index (χ0v) is 12.6. The zero-order valence-electron chi connectivity index (χ0n) is 11.7. The minimum Gasteiger partial charge on any atom is -0.312 e. The number of rotatable bonds is 5. The third-order valence-electron chi connectivity index (χ3n) is 5.88. The Bertz CT molecular complexity index is 387. The lowest BCUT2D eigenvalue weighted by atomic mass is 9.49. The maximum atomic E-state index is 3.67. The normalized spacial score (nSPS) is 39.9. The fourth-order valence-electron chi connectivity index (χ4n) is 5.57. The van der Waals surface area contributed by atoms with E-state index in [1.807, 2.05) is 11.3 Å². The Hall–Kier alpha value is -0.340.